The summed E-state index contributed by atoms with van der Waals surface area (Å²) < 4.78 is 30.0. The molecule has 24 heavy (non-hydrogen) atoms. The highest BCUT2D eigenvalue weighted by Gasteiger charge is 2.25. The molecule has 6 heteroatoms. The van der Waals surface area contributed by atoms with E-state index in [1.165, 1.54) is 0 Å². The van der Waals surface area contributed by atoms with Crippen LogP contribution in [0.3, 0.4) is 0 Å². The van der Waals surface area contributed by atoms with Crippen molar-refractivity contribution in [2.45, 2.75) is 63.8 Å². The largest absolute Gasteiger partial charge is 0.328 e. The molecule has 0 saturated heterocycles. The Labute approximate surface area is 144 Å². The first-order valence-electron chi connectivity index (χ1n) is 9.07. The molecule has 3 rings (SSSR count). The van der Waals surface area contributed by atoms with Crippen molar-refractivity contribution in [2.75, 3.05) is 13.1 Å². The number of imidazole rings is 1. The Morgan fingerprint density at radius 2 is 1.88 bits per heavy atom. The number of nitrogens with zero attached hydrogens (tertiary/aromatic N) is 3. The summed E-state index contributed by atoms with van der Waals surface area (Å²) in [6.07, 6.45) is 5.87. The molecule has 1 aliphatic heterocycles. The third-order valence-electron chi connectivity index (χ3n) is 4.74. The fourth-order valence-corrected chi connectivity index (χ4v) is 4.86. The van der Waals surface area contributed by atoms with Gasteiger partial charge in [0.25, 0.3) is 0 Å². The Hall–Kier alpha value is -1.40. The number of hydrogen-bond acceptors (Lipinski definition) is 3. The van der Waals surface area contributed by atoms with Gasteiger partial charge in [-0.15, -0.1) is 0 Å². The van der Waals surface area contributed by atoms with Crippen LogP contribution in [0.5, 0.6) is 0 Å². The van der Waals surface area contributed by atoms with Crippen molar-refractivity contribution < 1.29 is 8.42 Å². The van der Waals surface area contributed by atoms with Gasteiger partial charge >= 0.3 is 0 Å². The highest BCUT2D eigenvalue weighted by Crippen LogP contribution is 2.26. The summed E-state index contributed by atoms with van der Waals surface area (Å²) in [5, 5.41) is 0. The van der Waals surface area contributed by atoms with Crippen LogP contribution in [-0.2, 0) is 23.0 Å². The minimum Gasteiger partial charge on any atom is -0.328 e. The molecule has 0 radical (unpaired) electrons. The van der Waals surface area contributed by atoms with E-state index in [-0.39, 0.29) is 0 Å². The molecule has 2 aromatic rings. The predicted molar refractivity (Wildman–Crippen MR) is 96.6 cm³/mol. The second-order valence-electron chi connectivity index (χ2n) is 6.54. The lowest BCUT2D eigenvalue weighted by Gasteiger charge is -2.22. The quantitative estimate of drug-likeness (QED) is 0.732. The summed E-state index contributed by atoms with van der Waals surface area (Å²) in [5.74, 6) is 1.08. The Bertz CT molecular complexity index is 803. The Morgan fingerprint density at radius 3 is 2.54 bits per heavy atom. The van der Waals surface area contributed by atoms with Crippen LogP contribution in [0.2, 0.25) is 0 Å². The molecular weight excluding hydrogens is 322 g/mol. The number of hydrogen-bond donors (Lipinski definition) is 0. The van der Waals surface area contributed by atoms with Gasteiger partial charge < -0.3 is 4.57 Å². The minimum absolute atomic E-state index is 0.374. The zero-order valence-electron chi connectivity index (χ0n) is 14.7. The Balaban J connectivity index is 1.93. The first-order chi connectivity index (χ1) is 11.6. The van der Waals surface area contributed by atoms with Gasteiger partial charge in [0.2, 0.25) is 10.0 Å². The third-order valence-corrected chi connectivity index (χ3v) is 6.64. The van der Waals surface area contributed by atoms with Gasteiger partial charge in [-0.2, -0.15) is 4.31 Å². The molecule has 1 aromatic carbocycles. The van der Waals surface area contributed by atoms with E-state index in [2.05, 4.69) is 23.4 Å². The molecule has 2 heterocycles. The van der Waals surface area contributed by atoms with Crippen LogP contribution in [0.15, 0.2) is 23.1 Å². The smallest absolute Gasteiger partial charge is 0.243 e. The average molecular weight is 350 g/mol. The Morgan fingerprint density at radius 1 is 1.17 bits per heavy atom. The summed E-state index contributed by atoms with van der Waals surface area (Å²) >= 11 is 0. The number of sulfonamides is 1. The lowest BCUT2D eigenvalue weighted by Crippen LogP contribution is -2.33. The summed E-state index contributed by atoms with van der Waals surface area (Å²) in [6, 6.07) is 5.42. The van der Waals surface area contributed by atoms with Gasteiger partial charge in [0.05, 0.1) is 15.9 Å². The van der Waals surface area contributed by atoms with Gasteiger partial charge in [0.15, 0.2) is 0 Å². The lowest BCUT2D eigenvalue weighted by atomic mass is 10.3. The van der Waals surface area contributed by atoms with Crippen molar-refractivity contribution >= 4 is 21.1 Å². The van der Waals surface area contributed by atoms with Gasteiger partial charge in [0, 0.05) is 26.1 Å². The molecule has 0 fully saturated rings. The molecule has 0 N–H and O–H groups in total. The maximum absolute atomic E-state index is 13.1. The van der Waals surface area contributed by atoms with E-state index >= 15 is 0 Å². The van der Waals surface area contributed by atoms with E-state index in [1.807, 2.05) is 6.07 Å². The van der Waals surface area contributed by atoms with E-state index < -0.39 is 10.0 Å². The number of aromatic nitrogens is 2. The van der Waals surface area contributed by atoms with Crippen molar-refractivity contribution in [1.29, 1.82) is 0 Å². The van der Waals surface area contributed by atoms with Crippen molar-refractivity contribution in [1.82, 2.24) is 13.9 Å². The van der Waals surface area contributed by atoms with E-state index in [9.17, 15) is 8.42 Å². The van der Waals surface area contributed by atoms with E-state index in [0.29, 0.717) is 18.0 Å². The highest BCUT2D eigenvalue weighted by molar-refractivity contribution is 7.89. The maximum Gasteiger partial charge on any atom is 0.243 e. The van der Waals surface area contributed by atoms with Crippen molar-refractivity contribution in [3.05, 3.63) is 24.0 Å². The zero-order chi connectivity index (χ0) is 17.2. The van der Waals surface area contributed by atoms with Crippen LogP contribution >= 0.6 is 0 Å². The minimum atomic E-state index is -3.45. The standard InChI is InChI=1S/C18H27N3O2S/c1-3-5-11-20(12-6-4-2)24(22,23)15-9-10-17-16(14-15)19-18-8-7-13-21(17)18/h9-10,14H,3-8,11-13H2,1-2H3. The number of fused-ring (bicyclic) bond motifs is 3. The molecule has 0 unspecified atom stereocenters. The third kappa shape index (κ3) is 3.22. The molecular formula is C18H27N3O2S. The molecule has 1 aliphatic rings. The van der Waals surface area contributed by atoms with Crippen LogP contribution in [0.4, 0.5) is 0 Å². The molecule has 0 saturated carbocycles. The van der Waals surface area contributed by atoms with Crippen molar-refractivity contribution in [3.8, 4) is 0 Å². The summed E-state index contributed by atoms with van der Waals surface area (Å²) in [6.45, 7) is 6.34. The van der Waals surface area contributed by atoms with Crippen LogP contribution in [0, 0.1) is 0 Å². The zero-order valence-corrected chi connectivity index (χ0v) is 15.5. The van der Waals surface area contributed by atoms with E-state index in [1.54, 1.807) is 16.4 Å². The second-order valence-corrected chi connectivity index (χ2v) is 8.48. The van der Waals surface area contributed by atoms with Crippen molar-refractivity contribution in [2.24, 2.45) is 0 Å². The number of unbranched alkanes of at least 4 members (excludes halogenated alkanes) is 2. The van der Waals surface area contributed by atoms with Crippen LogP contribution < -0.4 is 0 Å². The number of benzene rings is 1. The maximum atomic E-state index is 13.1. The summed E-state index contributed by atoms with van der Waals surface area (Å²) in [5.41, 5.74) is 1.85. The SMILES string of the molecule is CCCCN(CCCC)S(=O)(=O)c1ccc2c(c1)nc1n2CCC1. The van der Waals surface area contributed by atoms with Crippen molar-refractivity contribution in [3.63, 3.8) is 0 Å². The van der Waals surface area contributed by atoms with E-state index in [0.717, 1.165) is 61.9 Å². The molecule has 0 spiro atoms. The molecule has 5 nitrogen and oxygen atoms in total. The van der Waals surface area contributed by atoms with Gasteiger partial charge in [-0.05, 0) is 37.5 Å². The molecule has 132 valence electrons. The predicted octanol–water partition coefficient (Wildman–Crippen LogP) is 3.57. The van der Waals surface area contributed by atoms with E-state index in [4.69, 9.17) is 0 Å². The fourth-order valence-electron chi connectivity index (χ4n) is 3.33. The highest BCUT2D eigenvalue weighted by atomic mass is 32.2. The Kier molecular flexibility index (Phi) is 5.25. The van der Waals surface area contributed by atoms with Crippen LogP contribution in [0.1, 0.15) is 51.8 Å². The number of aryl methyl sites for hydroxylation is 2. The van der Waals surface area contributed by atoms with Gasteiger partial charge in [-0.3, -0.25) is 0 Å². The molecule has 0 aliphatic carbocycles. The monoisotopic (exact) mass is 349 g/mol. The fraction of sp³-hybridized carbons (Fsp3) is 0.611. The first-order valence-corrected chi connectivity index (χ1v) is 10.5. The summed E-state index contributed by atoms with van der Waals surface area (Å²) in [7, 11) is -3.45. The second kappa shape index (κ2) is 7.23. The summed E-state index contributed by atoms with van der Waals surface area (Å²) in [4.78, 5) is 5.01. The van der Waals surface area contributed by atoms with Crippen LogP contribution in [0.25, 0.3) is 11.0 Å². The average Bonchev–Trinajstić information content (AvgIpc) is 3.14. The van der Waals surface area contributed by atoms with Gasteiger partial charge in [-0.1, -0.05) is 26.7 Å². The van der Waals surface area contributed by atoms with Crippen LogP contribution in [-0.4, -0.2) is 35.4 Å². The number of rotatable bonds is 8. The van der Waals surface area contributed by atoms with Gasteiger partial charge in [-0.25, -0.2) is 13.4 Å². The molecule has 0 bridgehead atoms. The lowest BCUT2D eigenvalue weighted by molar-refractivity contribution is 0.395. The molecule has 0 amide bonds. The topological polar surface area (TPSA) is 55.2 Å². The molecule has 1 aromatic heterocycles. The normalized spacial score (nSPS) is 14.6. The molecule has 0 atom stereocenters. The van der Waals surface area contributed by atoms with Gasteiger partial charge in [0.1, 0.15) is 5.82 Å². The first kappa shape index (κ1) is 17.4.